The predicted octanol–water partition coefficient (Wildman–Crippen LogP) is 4.29. The molecule has 2 aromatic heterocycles. The quantitative estimate of drug-likeness (QED) is 0.145. The minimum atomic E-state index is -3.77. The number of nitrogens with one attached hydrogen (secondary N) is 4. The lowest BCUT2D eigenvalue weighted by molar-refractivity contribution is -0.116. The van der Waals surface area contributed by atoms with Gasteiger partial charge in [0.1, 0.15) is 0 Å². The van der Waals surface area contributed by atoms with Gasteiger partial charge in [0.15, 0.2) is 10.3 Å². The van der Waals surface area contributed by atoms with Crippen molar-refractivity contribution in [3.8, 4) is 0 Å². The zero-order chi connectivity index (χ0) is 29.3. The van der Waals surface area contributed by atoms with E-state index in [-0.39, 0.29) is 44.7 Å². The summed E-state index contributed by atoms with van der Waals surface area (Å²) in [6.45, 7) is 0. The molecule has 0 atom stereocenters. The zero-order valence-corrected chi connectivity index (χ0v) is 25.2. The Hall–Kier alpha value is -3.51. The second-order valence-electron chi connectivity index (χ2n) is 8.14. The summed E-state index contributed by atoms with van der Waals surface area (Å²) in [5.74, 6) is 0.500. The number of thiazole rings is 2. The third-order valence-corrected chi connectivity index (χ3v) is 10.5. The highest BCUT2D eigenvalue weighted by atomic mass is 32.2. The molecule has 4 N–H and O–H groups in total. The summed E-state index contributed by atoms with van der Waals surface area (Å²) in [7, 11) is -7.54. The molecular formula is C24H24N6O6S5. The van der Waals surface area contributed by atoms with Crippen molar-refractivity contribution in [3.63, 3.8) is 0 Å². The van der Waals surface area contributed by atoms with Crippen LogP contribution >= 0.6 is 34.4 Å². The molecule has 2 amide bonds. The van der Waals surface area contributed by atoms with Crippen LogP contribution in [0, 0.1) is 0 Å². The molecule has 0 aliphatic rings. The van der Waals surface area contributed by atoms with Crippen LogP contribution in [0.2, 0.25) is 0 Å². The topological polar surface area (TPSA) is 176 Å². The third kappa shape index (κ3) is 9.25. The highest BCUT2D eigenvalue weighted by Crippen LogP contribution is 2.21. The van der Waals surface area contributed by atoms with Crippen LogP contribution in [0.3, 0.4) is 0 Å². The molecule has 41 heavy (non-hydrogen) atoms. The number of carbonyl (C=O) groups excluding carboxylic acids is 2. The maximum Gasteiger partial charge on any atom is 0.263 e. The number of hydrogen-bond acceptors (Lipinski definition) is 11. The highest BCUT2D eigenvalue weighted by Gasteiger charge is 2.17. The second-order valence-corrected chi connectivity index (χ2v) is 14.5. The molecule has 0 aliphatic heterocycles. The Kier molecular flexibility index (Phi) is 10.3. The normalized spacial score (nSPS) is 11.5. The van der Waals surface area contributed by atoms with Gasteiger partial charge in [0.25, 0.3) is 20.0 Å². The fourth-order valence-corrected chi connectivity index (χ4v) is 7.65. The van der Waals surface area contributed by atoms with Gasteiger partial charge in [-0.25, -0.2) is 26.8 Å². The van der Waals surface area contributed by atoms with E-state index in [9.17, 15) is 26.4 Å². The van der Waals surface area contributed by atoms with Crippen LogP contribution in [0.1, 0.15) is 12.8 Å². The molecule has 0 bridgehead atoms. The first-order valence-electron chi connectivity index (χ1n) is 11.8. The maximum atomic E-state index is 12.4. The smallest absolute Gasteiger partial charge is 0.263 e. The van der Waals surface area contributed by atoms with Crippen LogP contribution in [-0.2, 0) is 29.6 Å². The van der Waals surface area contributed by atoms with Crippen LogP contribution in [0.4, 0.5) is 21.6 Å². The van der Waals surface area contributed by atoms with E-state index in [1.165, 1.54) is 95.4 Å². The third-order valence-electron chi connectivity index (χ3n) is 5.15. The van der Waals surface area contributed by atoms with Crippen molar-refractivity contribution in [2.24, 2.45) is 0 Å². The summed E-state index contributed by atoms with van der Waals surface area (Å²) >= 11 is 3.77. The number of amides is 2. The molecule has 0 saturated heterocycles. The van der Waals surface area contributed by atoms with Gasteiger partial charge < -0.3 is 10.6 Å². The van der Waals surface area contributed by atoms with Gasteiger partial charge in [-0.3, -0.25) is 19.0 Å². The Morgan fingerprint density at radius 3 is 1.39 bits per heavy atom. The fraction of sp³-hybridized carbons (Fsp3) is 0.167. The van der Waals surface area contributed by atoms with Crippen molar-refractivity contribution in [2.45, 2.75) is 22.6 Å². The zero-order valence-electron chi connectivity index (χ0n) is 21.1. The predicted molar refractivity (Wildman–Crippen MR) is 163 cm³/mol. The number of sulfonamides is 2. The van der Waals surface area contributed by atoms with Crippen molar-refractivity contribution in [1.82, 2.24) is 9.97 Å². The van der Waals surface area contributed by atoms with Crippen molar-refractivity contribution in [2.75, 3.05) is 31.6 Å². The minimum Gasteiger partial charge on any atom is -0.326 e. The molecule has 0 aliphatic carbocycles. The number of nitrogens with zero attached hydrogens (tertiary/aromatic N) is 2. The van der Waals surface area contributed by atoms with Gasteiger partial charge >= 0.3 is 0 Å². The first-order chi connectivity index (χ1) is 19.6. The Bertz CT molecular complexity index is 1530. The molecule has 0 fully saturated rings. The van der Waals surface area contributed by atoms with Crippen LogP contribution in [0.5, 0.6) is 0 Å². The number of hydrogen-bond donors (Lipinski definition) is 4. The molecule has 4 aromatic rings. The molecule has 0 spiro atoms. The van der Waals surface area contributed by atoms with Crippen LogP contribution in [0.15, 0.2) is 81.5 Å². The molecular weight excluding hydrogens is 629 g/mol. The van der Waals surface area contributed by atoms with Gasteiger partial charge in [-0.05, 0) is 48.5 Å². The number of aromatic nitrogens is 2. The summed E-state index contributed by atoms with van der Waals surface area (Å²) in [5, 5.41) is 9.28. The lowest BCUT2D eigenvalue weighted by Crippen LogP contribution is -2.15. The summed E-state index contributed by atoms with van der Waals surface area (Å²) in [6, 6.07) is 11.6. The molecule has 216 valence electrons. The Labute approximate surface area is 249 Å². The molecule has 2 aromatic carbocycles. The van der Waals surface area contributed by atoms with E-state index in [4.69, 9.17) is 0 Å². The Morgan fingerprint density at radius 2 is 1.05 bits per heavy atom. The summed E-state index contributed by atoms with van der Waals surface area (Å²) in [4.78, 5) is 32.4. The average molecular weight is 653 g/mol. The van der Waals surface area contributed by atoms with E-state index in [1.807, 2.05) is 0 Å². The van der Waals surface area contributed by atoms with E-state index >= 15 is 0 Å². The number of rotatable bonds is 14. The standard InChI is InChI=1S/C24H24N6O6S5/c31-21(27-17-1-5-19(6-2-17)40(33,34)29-23-25-11-15-38-23)9-13-37-14-10-22(32)28-18-3-7-20(8-4-18)41(35,36)30-24-26-12-16-39-24/h1-8,11-12,15-16H,9-10,13-14H2,(H,25,29)(H,26,30)(H,27,31)(H,28,32). The summed E-state index contributed by atoms with van der Waals surface area (Å²) in [6.07, 6.45) is 3.42. The lowest BCUT2D eigenvalue weighted by atomic mass is 10.3. The van der Waals surface area contributed by atoms with Gasteiger partial charge in [0.2, 0.25) is 11.8 Å². The molecule has 17 heteroatoms. The van der Waals surface area contributed by atoms with Gasteiger partial charge in [-0.15, -0.1) is 22.7 Å². The number of thioether (sulfide) groups is 1. The van der Waals surface area contributed by atoms with Crippen LogP contribution in [0.25, 0.3) is 0 Å². The summed E-state index contributed by atoms with van der Waals surface area (Å²) in [5.41, 5.74) is 0.927. The van der Waals surface area contributed by atoms with Gasteiger partial charge in [-0.2, -0.15) is 11.8 Å². The van der Waals surface area contributed by atoms with E-state index in [0.29, 0.717) is 22.9 Å². The Morgan fingerprint density at radius 1 is 0.659 bits per heavy atom. The molecule has 0 unspecified atom stereocenters. The number of benzene rings is 2. The SMILES string of the molecule is O=C(CCSCCC(=O)Nc1ccc(S(=O)(=O)Nc2nccs2)cc1)Nc1ccc(S(=O)(=O)Nc2nccs2)cc1. The van der Waals surface area contributed by atoms with Crippen molar-refractivity contribution in [1.29, 1.82) is 0 Å². The largest absolute Gasteiger partial charge is 0.326 e. The molecule has 4 rings (SSSR count). The Balaban J connectivity index is 1.13. The van der Waals surface area contributed by atoms with Crippen molar-refractivity contribution >= 4 is 87.9 Å². The van der Waals surface area contributed by atoms with Crippen LogP contribution < -0.4 is 20.1 Å². The number of anilines is 4. The lowest BCUT2D eigenvalue weighted by Gasteiger charge is -2.09. The van der Waals surface area contributed by atoms with E-state index < -0.39 is 20.0 Å². The van der Waals surface area contributed by atoms with E-state index in [1.54, 1.807) is 10.8 Å². The maximum absolute atomic E-state index is 12.4. The molecule has 2 heterocycles. The highest BCUT2D eigenvalue weighted by molar-refractivity contribution is 7.99. The van der Waals surface area contributed by atoms with Gasteiger partial charge in [0.05, 0.1) is 9.79 Å². The van der Waals surface area contributed by atoms with E-state index in [0.717, 1.165) is 0 Å². The first kappa shape index (κ1) is 30.4. The average Bonchev–Trinajstić information content (AvgIpc) is 3.63. The van der Waals surface area contributed by atoms with Gasteiger partial charge in [-0.1, -0.05) is 0 Å². The molecule has 12 nitrogen and oxygen atoms in total. The monoisotopic (exact) mass is 652 g/mol. The van der Waals surface area contributed by atoms with Crippen molar-refractivity contribution < 1.29 is 26.4 Å². The van der Waals surface area contributed by atoms with Crippen LogP contribution in [-0.4, -0.2) is 50.1 Å². The molecule has 0 saturated carbocycles. The number of carbonyl (C=O) groups is 2. The van der Waals surface area contributed by atoms with Gasteiger partial charge in [0, 0.05) is 58.9 Å². The molecule has 0 radical (unpaired) electrons. The van der Waals surface area contributed by atoms with E-state index in [2.05, 4.69) is 30.0 Å². The summed E-state index contributed by atoms with van der Waals surface area (Å²) < 4.78 is 54.4. The fourth-order valence-electron chi connectivity index (χ4n) is 3.21. The first-order valence-corrected chi connectivity index (χ1v) is 17.7. The minimum absolute atomic E-state index is 0.0456. The van der Waals surface area contributed by atoms with Crippen molar-refractivity contribution in [3.05, 3.63) is 71.7 Å². The second kappa shape index (κ2) is 13.9.